The second-order valence-corrected chi connectivity index (χ2v) is 5.76. The molecule has 1 aromatic rings. The molecule has 0 unspecified atom stereocenters. The summed E-state index contributed by atoms with van der Waals surface area (Å²) in [5.41, 5.74) is 1.50. The van der Waals surface area contributed by atoms with Crippen LogP contribution in [-0.2, 0) is 6.42 Å². The smallest absolute Gasteiger partial charge is 0.414 e. The Balaban J connectivity index is 2.04. The number of rotatable bonds is 3. The van der Waals surface area contributed by atoms with E-state index in [0.29, 0.717) is 35.8 Å². The summed E-state index contributed by atoms with van der Waals surface area (Å²) in [6.07, 6.45) is -6.83. The van der Waals surface area contributed by atoms with E-state index in [4.69, 9.17) is 14.2 Å². The third-order valence-electron chi connectivity index (χ3n) is 4.37. The van der Waals surface area contributed by atoms with E-state index < -0.39 is 24.7 Å². The lowest BCUT2D eigenvalue weighted by atomic mass is 9.88. The first-order valence-electron chi connectivity index (χ1n) is 7.27. The Hall–Kier alpha value is -1.67. The van der Waals surface area contributed by atoms with Gasteiger partial charge in [0.1, 0.15) is 0 Å². The maximum absolute atomic E-state index is 12.8. The molecule has 0 fully saturated rings. The number of methoxy groups -OCH3 is 1. The average Bonchev–Trinajstić information content (AvgIpc) is 2.94. The van der Waals surface area contributed by atoms with Crippen LogP contribution in [0, 0.1) is 0 Å². The van der Waals surface area contributed by atoms with Gasteiger partial charge in [-0.3, -0.25) is 4.90 Å². The Morgan fingerprint density at radius 2 is 2.17 bits per heavy atom. The van der Waals surface area contributed by atoms with E-state index in [1.165, 1.54) is 7.11 Å². The highest BCUT2D eigenvalue weighted by Gasteiger charge is 2.43. The summed E-state index contributed by atoms with van der Waals surface area (Å²) in [7, 11) is 3.18. The van der Waals surface area contributed by atoms with Crippen molar-refractivity contribution in [2.75, 3.05) is 27.5 Å². The van der Waals surface area contributed by atoms with Crippen LogP contribution in [0.3, 0.4) is 0 Å². The zero-order valence-corrected chi connectivity index (χ0v) is 12.8. The molecule has 0 spiro atoms. The number of hydrogen-bond donors (Lipinski definition) is 1. The van der Waals surface area contributed by atoms with Crippen LogP contribution in [0.5, 0.6) is 17.2 Å². The van der Waals surface area contributed by atoms with Gasteiger partial charge in [0, 0.05) is 24.6 Å². The molecular formula is C15H18F3NO4. The van der Waals surface area contributed by atoms with Gasteiger partial charge in [-0.2, -0.15) is 13.2 Å². The predicted molar refractivity (Wildman–Crippen MR) is 74.9 cm³/mol. The standard InChI is InChI=1S/C15H18F3NO4/c1-19-4-3-8-5-10-13(23-7-22-10)14(21-2)12(8)9(19)6-11(20)15(16,17)18/h5,9,11,20H,3-4,6-7H2,1-2H3/t9-,11-/m1/s1. The fourth-order valence-corrected chi connectivity index (χ4v) is 3.17. The molecule has 2 heterocycles. The number of likely N-dealkylation sites (N-methyl/N-ethyl adjacent to an activating group) is 1. The summed E-state index contributed by atoms with van der Waals surface area (Å²) in [5, 5.41) is 9.49. The van der Waals surface area contributed by atoms with Gasteiger partial charge in [-0.25, -0.2) is 0 Å². The fourth-order valence-electron chi connectivity index (χ4n) is 3.17. The maximum Gasteiger partial charge on any atom is 0.414 e. The molecule has 0 radical (unpaired) electrons. The molecule has 5 nitrogen and oxygen atoms in total. The molecule has 0 bridgehead atoms. The van der Waals surface area contributed by atoms with Crippen LogP contribution in [0.4, 0.5) is 13.2 Å². The molecule has 0 amide bonds. The molecule has 0 aromatic heterocycles. The van der Waals surface area contributed by atoms with Crippen molar-refractivity contribution in [3.05, 3.63) is 17.2 Å². The van der Waals surface area contributed by atoms with Gasteiger partial charge < -0.3 is 19.3 Å². The number of nitrogens with zero attached hydrogens (tertiary/aromatic N) is 1. The van der Waals surface area contributed by atoms with Gasteiger partial charge in [0.25, 0.3) is 0 Å². The molecule has 8 heteroatoms. The van der Waals surface area contributed by atoms with Crippen molar-refractivity contribution < 1.29 is 32.5 Å². The molecule has 3 rings (SSSR count). The molecule has 23 heavy (non-hydrogen) atoms. The number of alkyl halides is 3. The maximum atomic E-state index is 12.8. The lowest BCUT2D eigenvalue weighted by molar-refractivity contribution is -0.209. The summed E-state index contributed by atoms with van der Waals surface area (Å²) in [4.78, 5) is 1.79. The van der Waals surface area contributed by atoms with Crippen LogP contribution in [0.2, 0.25) is 0 Å². The number of ether oxygens (including phenoxy) is 3. The minimum absolute atomic E-state index is 0.0558. The monoisotopic (exact) mass is 333 g/mol. The number of aliphatic hydroxyl groups is 1. The molecule has 1 aromatic carbocycles. The van der Waals surface area contributed by atoms with E-state index in [1.807, 2.05) is 0 Å². The van der Waals surface area contributed by atoms with Gasteiger partial charge >= 0.3 is 6.18 Å². The largest absolute Gasteiger partial charge is 0.492 e. The lowest BCUT2D eigenvalue weighted by Gasteiger charge is -2.37. The zero-order chi connectivity index (χ0) is 16.8. The SMILES string of the molecule is COc1c2c(cc3c1[C@@H](C[C@@H](O)C(F)(F)F)N(C)CC3)OCO2. The summed E-state index contributed by atoms with van der Waals surface area (Å²) in [6.45, 7) is 0.644. The molecule has 2 aliphatic heterocycles. The normalized spacial score (nSPS) is 21.9. The number of aliphatic hydroxyl groups excluding tert-OH is 1. The molecule has 0 saturated heterocycles. The average molecular weight is 333 g/mol. The first kappa shape index (κ1) is 16.2. The zero-order valence-electron chi connectivity index (χ0n) is 12.8. The van der Waals surface area contributed by atoms with Crippen molar-refractivity contribution in [3.8, 4) is 17.2 Å². The molecular weight excluding hydrogens is 315 g/mol. The molecule has 0 saturated carbocycles. The summed E-state index contributed by atoms with van der Waals surface area (Å²) in [6, 6.07) is 1.18. The van der Waals surface area contributed by atoms with Crippen LogP contribution in [0.25, 0.3) is 0 Å². The van der Waals surface area contributed by atoms with Gasteiger partial charge in [-0.15, -0.1) is 0 Å². The van der Waals surface area contributed by atoms with Crippen LogP contribution in [0.1, 0.15) is 23.6 Å². The first-order chi connectivity index (χ1) is 10.8. The summed E-state index contributed by atoms with van der Waals surface area (Å²) < 4.78 is 54.5. The number of fused-ring (bicyclic) bond motifs is 2. The predicted octanol–water partition coefficient (Wildman–Crippen LogP) is 2.27. The second-order valence-electron chi connectivity index (χ2n) is 5.76. The fraction of sp³-hybridized carbons (Fsp3) is 0.600. The van der Waals surface area contributed by atoms with Gasteiger partial charge in [0.05, 0.1) is 7.11 Å². The quantitative estimate of drug-likeness (QED) is 0.920. The Morgan fingerprint density at radius 1 is 1.43 bits per heavy atom. The Morgan fingerprint density at radius 3 is 2.83 bits per heavy atom. The molecule has 2 atom stereocenters. The highest BCUT2D eigenvalue weighted by molar-refractivity contribution is 5.61. The second kappa shape index (κ2) is 5.76. The minimum atomic E-state index is -4.65. The molecule has 2 aliphatic rings. The third-order valence-corrected chi connectivity index (χ3v) is 4.37. The molecule has 1 N–H and O–H groups in total. The highest BCUT2D eigenvalue weighted by atomic mass is 19.4. The van der Waals surface area contributed by atoms with E-state index in [-0.39, 0.29) is 6.79 Å². The van der Waals surface area contributed by atoms with Crippen LogP contribution >= 0.6 is 0 Å². The van der Waals surface area contributed by atoms with Crippen molar-refractivity contribution in [2.45, 2.75) is 31.2 Å². The lowest BCUT2D eigenvalue weighted by Crippen LogP contribution is -2.38. The van der Waals surface area contributed by atoms with Crippen molar-refractivity contribution in [1.82, 2.24) is 4.90 Å². The van der Waals surface area contributed by atoms with Crippen LogP contribution < -0.4 is 14.2 Å². The first-order valence-corrected chi connectivity index (χ1v) is 7.27. The van der Waals surface area contributed by atoms with Crippen LogP contribution in [0.15, 0.2) is 6.07 Å². The van der Waals surface area contributed by atoms with Gasteiger partial charge in [0.15, 0.2) is 17.6 Å². The van der Waals surface area contributed by atoms with Crippen LogP contribution in [-0.4, -0.2) is 49.8 Å². The van der Waals surface area contributed by atoms with E-state index in [9.17, 15) is 18.3 Å². The summed E-state index contributed by atoms with van der Waals surface area (Å²) in [5.74, 6) is 1.34. The van der Waals surface area contributed by atoms with E-state index in [0.717, 1.165) is 5.56 Å². The number of hydrogen-bond acceptors (Lipinski definition) is 5. The number of halogens is 3. The van der Waals surface area contributed by atoms with Crippen molar-refractivity contribution in [2.24, 2.45) is 0 Å². The topological polar surface area (TPSA) is 51.2 Å². The molecule has 0 aliphatic carbocycles. The van der Waals surface area contributed by atoms with Crippen molar-refractivity contribution in [3.63, 3.8) is 0 Å². The minimum Gasteiger partial charge on any atom is -0.492 e. The summed E-state index contributed by atoms with van der Waals surface area (Å²) >= 11 is 0. The Kier molecular flexibility index (Phi) is 4.05. The Bertz CT molecular complexity index is 605. The van der Waals surface area contributed by atoms with Gasteiger partial charge in [-0.1, -0.05) is 0 Å². The van der Waals surface area contributed by atoms with E-state index in [1.54, 1.807) is 18.0 Å². The van der Waals surface area contributed by atoms with Crippen molar-refractivity contribution in [1.29, 1.82) is 0 Å². The van der Waals surface area contributed by atoms with E-state index in [2.05, 4.69) is 0 Å². The van der Waals surface area contributed by atoms with Crippen molar-refractivity contribution >= 4 is 0 Å². The van der Waals surface area contributed by atoms with Gasteiger partial charge in [-0.05, 0) is 25.1 Å². The molecule has 128 valence electrons. The Labute approximate surface area is 131 Å². The van der Waals surface area contributed by atoms with Gasteiger partial charge in [0.2, 0.25) is 12.5 Å². The van der Waals surface area contributed by atoms with E-state index >= 15 is 0 Å². The number of benzene rings is 1. The highest BCUT2D eigenvalue weighted by Crippen LogP contribution is 2.50. The third kappa shape index (κ3) is 2.81.